The number of nitrogens with zero attached hydrogens (tertiary/aromatic N) is 7. The van der Waals surface area contributed by atoms with Crippen molar-refractivity contribution < 1.29 is 36.1 Å². The lowest BCUT2D eigenvalue weighted by molar-refractivity contribution is -0.140. The van der Waals surface area contributed by atoms with Gasteiger partial charge >= 0.3 is 6.18 Å². The quantitative estimate of drug-likeness (QED) is 0.0515. The molecular weight excluding hydrogens is 895 g/mol. The number of hydrogen-bond acceptors (Lipinski definition) is 12. The SMILES string of the molecule is Cc1noc(C)c1-c1ccc(=O)n(Cc2cccc(OCc3nc(C4CN(CCCOc5ccc(NCC#Cc6cc7c(NC8CCN(C)CC8F)cccc7n6CC(F)(F)F)cc5)C4)no3)c2)c1. The van der Waals surface area contributed by atoms with E-state index in [0.717, 1.165) is 66.4 Å². The van der Waals surface area contributed by atoms with Gasteiger partial charge < -0.3 is 48.1 Å². The Morgan fingerprint density at radius 1 is 0.928 bits per heavy atom. The maximum atomic E-state index is 14.8. The maximum absolute atomic E-state index is 14.8. The molecule has 2 saturated heterocycles. The fourth-order valence-electron chi connectivity index (χ4n) is 8.89. The van der Waals surface area contributed by atoms with Crippen molar-refractivity contribution >= 4 is 22.3 Å². The molecule has 2 N–H and O–H groups in total. The molecule has 3 aromatic carbocycles. The van der Waals surface area contributed by atoms with Gasteiger partial charge in [-0.3, -0.25) is 4.79 Å². The Kier molecular flexibility index (Phi) is 14.1. The van der Waals surface area contributed by atoms with E-state index in [2.05, 4.69) is 42.7 Å². The number of benzene rings is 3. The second kappa shape index (κ2) is 20.6. The van der Waals surface area contributed by atoms with E-state index >= 15 is 0 Å². The van der Waals surface area contributed by atoms with Crippen molar-refractivity contribution in [3.05, 3.63) is 136 Å². The highest BCUT2D eigenvalue weighted by molar-refractivity contribution is 5.94. The number of nitrogens with one attached hydrogen (secondary N) is 2. The summed E-state index contributed by atoms with van der Waals surface area (Å²) in [7, 11) is 1.87. The van der Waals surface area contributed by atoms with E-state index in [1.807, 2.05) is 80.5 Å². The number of anilines is 2. The molecule has 2 aliphatic rings. The number of pyridine rings is 1. The molecule has 0 radical (unpaired) electrons. The van der Waals surface area contributed by atoms with Crippen molar-refractivity contribution in [1.82, 2.24) is 34.2 Å². The van der Waals surface area contributed by atoms with Gasteiger partial charge in [0.2, 0.25) is 0 Å². The summed E-state index contributed by atoms with van der Waals surface area (Å²) >= 11 is 0. The Hall–Kier alpha value is -7.10. The molecule has 360 valence electrons. The molecule has 7 aromatic rings. The Labute approximate surface area is 396 Å². The first-order valence-electron chi connectivity index (χ1n) is 23.0. The van der Waals surface area contributed by atoms with Crippen LogP contribution in [0.15, 0.2) is 105 Å². The molecule has 0 spiro atoms. The van der Waals surface area contributed by atoms with Gasteiger partial charge in [-0.05, 0) is 106 Å². The first-order chi connectivity index (χ1) is 33.3. The van der Waals surface area contributed by atoms with Crippen LogP contribution in [-0.2, 0) is 19.7 Å². The minimum absolute atomic E-state index is 0.112. The number of alkyl halides is 4. The standard InChI is InChI=1S/C51H53F4N9O5/c1-33-49(34(2)68-59-33)36-13-18-48(65)63(29-36)26-35-8-4-10-41(24-35)67-31-47-58-50(60-69-47)37-27-62(28-37)21-7-23-66-40-16-14-38(15-17-40)56-20-6-9-39-25-42-44(57-45-19-22-61(3)30-43(45)52)11-5-12-46(42)64(39)32-51(53,54)55/h4-5,8,10-18,24-25,29,37,43,45,56-57H,7,19-23,26-28,30-32H2,1-3H3. The molecule has 2 aliphatic heterocycles. The van der Waals surface area contributed by atoms with Crippen LogP contribution in [0.1, 0.15) is 53.2 Å². The summed E-state index contributed by atoms with van der Waals surface area (Å²) in [5.74, 6) is 9.13. The monoisotopic (exact) mass is 947 g/mol. The summed E-state index contributed by atoms with van der Waals surface area (Å²) in [5, 5.41) is 15.3. The topological polar surface area (TPSA) is 141 Å². The average Bonchev–Trinajstić information content (AvgIpc) is 4.02. The molecule has 2 fully saturated rings. The highest BCUT2D eigenvalue weighted by Gasteiger charge is 2.33. The number of fused-ring (bicyclic) bond motifs is 1. The molecule has 0 saturated carbocycles. The molecule has 6 heterocycles. The van der Waals surface area contributed by atoms with E-state index in [1.165, 1.54) is 4.57 Å². The largest absolute Gasteiger partial charge is 0.494 e. The summed E-state index contributed by atoms with van der Waals surface area (Å²) in [6.07, 6.45) is -2.32. The van der Waals surface area contributed by atoms with Gasteiger partial charge in [0.1, 0.15) is 30.0 Å². The highest BCUT2D eigenvalue weighted by Crippen LogP contribution is 2.32. The minimum atomic E-state index is -4.46. The van der Waals surface area contributed by atoms with Crippen molar-refractivity contribution in [2.75, 3.05) is 63.6 Å². The van der Waals surface area contributed by atoms with E-state index in [0.29, 0.717) is 65.9 Å². The van der Waals surface area contributed by atoms with Gasteiger partial charge in [0, 0.05) is 78.8 Å². The van der Waals surface area contributed by atoms with Gasteiger partial charge in [-0.25, -0.2) is 4.39 Å². The number of ether oxygens (including phenoxy) is 2. The second-order valence-corrected chi connectivity index (χ2v) is 17.7. The van der Waals surface area contributed by atoms with Crippen LogP contribution in [0.3, 0.4) is 0 Å². The first-order valence-corrected chi connectivity index (χ1v) is 23.0. The lowest BCUT2D eigenvalue weighted by atomic mass is 9.99. The minimum Gasteiger partial charge on any atom is -0.494 e. The third-order valence-corrected chi connectivity index (χ3v) is 12.4. The van der Waals surface area contributed by atoms with E-state index in [9.17, 15) is 22.4 Å². The number of piperidine rings is 1. The predicted molar refractivity (Wildman–Crippen MR) is 253 cm³/mol. The van der Waals surface area contributed by atoms with Crippen molar-refractivity contribution in [2.24, 2.45) is 0 Å². The van der Waals surface area contributed by atoms with Crippen molar-refractivity contribution in [3.63, 3.8) is 0 Å². The molecule has 0 bridgehead atoms. The summed E-state index contributed by atoms with van der Waals surface area (Å²) in [4.78, 5) is 21.5. The summed E-state index contributed by atoms with van der Waals surface area (Å²) in [6, 6.07) is 24.6. The smallest absolute Gasteiger partial charge is 0.406 e. The number of aryl methyl sites for hydroxylation is 2. The average molecular weight is 948 g/mol. The Balaban J connectivity index is 0.693. The van der Waals surface area contributed by atoms with Crippen molar-refractivity contribution in [3.8, 4) is 34.5 Å². The molecule has 0 aliphatic carbocycles. The van der Waals surface area contributed by atoms with Gasteiger partial charge in [0.25, 0.3) is 11.4 Å². The zero-order valence-electron chi connectivity index (χ0n) is 38.6. The van der Waals surface area contributed by atoms with Crippen molar-refractivity contribution in [2.45, 2.75) is 70.7 Å². The molecule has 18 heteroatoms. The van der Waals surface area contributed by atoms with Crippen LogP contribution in [0.5, 0.6) is 11.5 Å². The molecule has 9 rings (SSSR count). The van der Waals surface area contributed by atoms with E-state index in [1.54, 1.807) is 41.0 Å². The third-order valence-electron chi connectivity index (χ3n) is 12.4. The third kappa shape index (κ3) is 11.6. The van der Waals surface area contributed by atoms with Crippen LogP contribution >= 0.6 is 0 Å². The normalized spacial score (nSPS) is 16.8. The lowest BCUT2D eigenvalue weighted by Crippen LogP contribution is -2.46. The summed E-state index contributed by atoms with van der Waals surface area (Å²) < 4.78 is 81.6. The fourth-order valence-corrected chi connectivity index (χ4v) is 8.89. The molecule has 0 amide bonds. The van der Waals surface area contributed by atoms with Crippen LogP contribution < -0.4 is 25.7 Å². The maximum Gasteiger partial charge on any atom is 0.406 e. The molecule has 14 nitrogen and oxygen atoms in total. The molecule has 69 heavy (non-hydrogen) atoms. The number of rotatable bonds is 17. The highest BCUT2D eigenvalue weighted by atomic mass is 19.4. The summed E-state index contributed by atoms with van der Waals surface area (Å²) in [5.41, 5.74) is 5.27. The van der Waals surface area contributed by atoms with E-state index < -0.39 is 24.9 Å². The van der Waals surface area contributed by atoms with E-state index in [-0.39, 0.29) is 30.3 Å². The molecular formula is C51H53F4N9O5. The van der Waals surface area contributed by atoms with Gasteiger partial charge in [0.05, 0.1) is 42.6 Å². The van der Waals surface area contributed by atoms with Gasteiger partial charge in [-0.15, -0.1) is 0 Å². The van der Waals surface area contributed by atoms with Crippen LogP contribution in [-0.4, -0.2) is 106 Å². The van der Waals surface area contributed by atoms with Gasteiger partial charge in [0.15, 0.2) is 12.4 Å². The number of aromatic nitrogens is 5. The Morgan fingerprint density at radius 2 is 1.75 bits per heavy atom. The van der Waals surface area contributed by atoms with E-state index in [4.69, 9.17) is 18.5 Å². The summed E-state index contributed by atoms with van der Waals surface area (Å²) in [6.45, 7) is 7.24. The second-order valence-electron chi connectivity index (χ2n) is 17.7. The predicted octanol–water partition coefficient (Wildman–Crippen LogP) is 8.43. The van der Waals surface area contributed by atoms with Crippen LogP contribution in [0.2, 0.25) is 0 Å². The Morgan fingerprint density at radius 3 is 2.54 bits per heavy atom. The molecule has 2 unspecified atom stereocenters. The van der Waals surface area contributed by atoms with Crippen LogP contribution in [0, 0.1) is 25.7 Å². The first kappa shape index (κ1) is 47.0. The van der Waals surface area contributed by atoms with Crippen LogP contribution in [0.25, 0.3) is 22.0 Å². The van der Waals surface area contributed by atoms with Gasteiger partial charge in [-0.2, -0.15) is 18.2 Å². The zero-order chi connectivity index (χ0) is 48.1. The Bertz CT molecular complexity index is 2980. The van der Waals surface area contributed by atoms with Crippen LogP contribution in [0.4, 0.5) is 28.9 Å². The van der Waals surface area contributed by atoms with Crippen molar-refractivity contribution in [1.29, 1.82) is 0 Å². The number of hydrogen-bond donors (Lipinski definition) is 2. The zero-order valence-corrected chi connectivity index (χ0v) is 38.6. The molecule has 4 aromatic heterocycles. The number of likely N-dealkylation sites (tertiary alicyclic amines) is 2. The molecule has 2 atom stereocenters. The van der Waals surface area contributed by atoms with Gasteiger partial charge in [-0.1, -0.05) is 34.4 Å². The fraction of sp³-hybridized carbons (Fsp3) is 0.373. The number of halogens is 4. The lowest BCUT2D eigenvalue weighted by Gasteiger charge is -2.37.